The van der Waals surface area contributed by atoms with Gasteiger partial charge in [0.15, 0.2) is 0 Å². The summed E-state index contributed by atoms with van der Waals surface area (Å²) in [5.74, 6) is -1.93. The molecule has 0 aromatic carbocycles. The molecule has 0 aliphatic carbocycles. The number of nitrogens with zero attached hydrogens (tertiary/aromatic N) is 4. The van der Waals surface area contributed by atoms with E-state index in [2.05, 4.69) is 70.0 Å². The molecule has 0 aromatic heterocycles. The Bertz CT molecular complexity index is 691. The van der Waals surface area contributed by atoms with Crippen molar-refractivity contribution in [2.75, 3.05) is 26.3 Å². The van der Waals surface area contributed by atoms with E-state index in [9.17, 15) is 15.1 Å². The number of hydrogen-bond acceptors (Lipinski definition) is 6. The molecule has 8 heteroatoms. The summed E-state index contributed by atoms with van der Waals surface area (Å²) in [6, 6.07) is 0. The molecule has 2 rings (SSSR count). The van der Waals surface area contributed by atoms with Crippen LogP contribution < -0.4 is 0 Å². The summed E-state index contributed by atoms with van der Waals surface area (Å²) >= 11 is 0. The normalized spacial score (nSPS) is 23.9. The van der Waals surface area contributed by atoms with Crippen molar-refractivity contribution in [1.29, 1.82) is 0 Å². The zero-order chi connectivity index (χ0) is 25.1. The van der Waals surface area contributed by atoms with Gasteiger partial charge in [0.2, 0.25) is 0 Å². The van der Waals surface area contributed by atoms with E-state index in [1.54, 1.807) is 0 Å². The molecule has 0 amide bonds. The Morgan fingerprint density at radius 3 is 1.27 bits per heavy atom. The highest BCUT2D eigenvalue weighted by Gasteiger charge is 2.43. The average molecular weight is 465 g/mol. The molecule has 0 aromatic rings. The predicted octanol–water partition coefficient (Wildman–Crippen LogP) is 3.83. The van der Waals surface area contributed by atoms with Gasteiger partial charge in [-0.3, -0.25) is 9.80 Å². The highest BCUT2D eigenvalue weighted by molar-refractivity contribution is 6.60. The van der Waals surface area contributed by atoms with E-state index in [-0.39, 0.29) is 35.4 Å². The topological polar surface area (TPSA) is 95.5 Å². The molecule has 0 bridgehead atoms. The van der Waals surface area contributed by atoms with Crippen LogP contribution >= 0.6 is 0 Å². The Morgan fingerprint density at radius 2 is 1.00 bits per heavy atom. The fourth-order valence-electron chi connectivity index (χ4n) is 6.06. The molecule has 0 radical (unpaired) electrons. The van der Waals surface area contributed by atoms with Gasteiger partial charge in [0, 0.05) is 35.2 Å². The molecule has 0 N–H and O–H groups in total. The van der Waals surface area contributed by atoms with Crippen molar-refractivity contribution in [2.24, 2.45) is 0 Å². The van der Waals surface area contributed by atoms with Crippen LogP contribution in [0.4, 0.5) is 0 Å². The zero-order valence-electron chi connectivity index (χ0n) is 22.0. The first kappa shape index (κ1) is 27.5. The number of carbonyl (C=O) groups excluding carboxylic acids is 2. The van der Waals surface area contributed by atoms with E-state index in [0.717, 1.165) is 38.5 Å². The second kappa shape index (κ2) is 10.2. The molecular weight excluding hydrogens is 420 g/mol. The van der Waals surface area contributed by atoms with E-state index < -0.39 is 17.7 Å². The highest BCUT2D eigenvalue weighted by atomic mass is 16.6. The van der Waals surface area contributed by atoms with Gasteiger partial charge in [-0.05, 0) is 93.9 Å². The summed E-state index contributed by atoms with van der Waals surface area (Å²) < 4.78 is 10.6. The third-order valence-electron chi connectivity index (χ3n) is 7.66. The van der Waals surface area contributed by atoms with Gasteiger partial charge in [0.1, 0.15) is 13.2 Å². The summed E-state index contributed by atoms with van der Waals surface area (Å²) in [6.45, 7) is 18.8. The van der Waals surface area contributed by atoms with E-state index >= 15 is 0 Å². The Kier molecular flexibility index (Phi) is 8.53. The fraction of sp³-hybridized carbons (Fsp3) is 0.880. The highest BCUT2D eigenvalue weighted by Crippen LogP contribution is 2.38. The molecule has 2 aliphatic rings. The maximum Gasteiger partial charge on any atom is 0.482 e. The molecule has 0 saturated carbocycles. The van der Waals surface area contributed by atoms with Gasteiger partial charge in [-0.2, -0.15) is 4.79 Å². The number of ether oxygens (including phenoxy) is 2. The van der Waals surface area contributed by atoms with Crippen molar-refractivity contribution >= 4 is 17.7 Å². The van der Waals surface area contributed by atoms with Crippen LogP contribution in [0.15, 0.2) is 0 Å². The molecule has 188 valence electrons. The minimum Gasteiger partial charge on any atom is -0.455 e. The van der Waals surface area contributed by atoms with Gasteiger partial charge >= 0.3 is 17.7 Å². The lowest BCUT2D eigenvalue weighted by molar-refractivity contribution is -0.151. The SMILES string of the molecule is CC1(C)CCCC(C)(C)N1CCOC(=O)C(=[N+]=[N-])C(=O)OCCN1C(C)(C)CCCC1(C)C. The Labute approximate surface area is 199 Å². The maximum atomic E-state index is 12.4. The van der Waals surface area contributed by atoms with Crippen LogP contribution in [0.25, 0.3) is 5.53 Å². The fourth-order valence-corrected chi connectivity index (χ4v) is 6.06. The number of carbonyl (C=O) groups is 2. The standard InChI is InChI=1S/C25H44N4O4/c1-22(2)11-9-12-23(3,4)28(22)15-17-32-20(30)19(27-26)21(31)33-18-16-29-24(5,6)13-10-14-25(29,7)8/h9-18H2,1-8H3. The van der Waals surface area contributed by atoms with Crippen molar-refractivity contribution in [3.8, 4) is 0 Å². The Hall–Kier alpha value is -1.76. The van der Waals surface area contributed by atoms with Crippen LogP contribution in [-0.2, 0) is 19.1 Å². The van der Waals surface area contributed by atoms with Crippen molar-refractivity contribution in [3.63, 3.8) is 0 Å². The Balaban J connectivity index is 1.87. The van der Waals surface area contributed by atoms with Crippen LogP contribution in [-0.4, -0.2) is 80.7 Å². The lowest BCUT2D eigenvalue weighted by Gasteiger charge is -2.52. The van der Waals surface area contributed by atoms with E-state index in [1.807, 2.05) is 0 Å². The summed E-state index contributed by atoms with van der Waals surface area (Å²) in [6.07, 6.45) is 6.62. The summed E-state index contributed by atoms with van der Waals surface area (Å²) in [4.78, 5) is 32.4. The lowest BCUT2D eigenvalue weighted by Crippen LogP contribution is -2.59. The molecular formula is C25H44N4O4. The first-order valence-corrected chi connectivity index (χ1v) is 12.3. The first-order valence-electron chi connectivity index (χ1n) is 12.3. The molecule has 2 aliphatic heterocycles. The second-order valence-corrected chi connectivity index (χ2v) is 12.0. The first-order chi connectivity index (χ1) is 15.1. The monoisotopic (exact) mass is 464 g/mol. The second-order valence-electron chi connectivity index (χ2n) is 12.0. The molecule has 8 nitrogen and oxygen atoms in total. The number of likely N-dealkylation sites (tertiary alicyclic amines) is 2. The van der Waals surface area contributed by atoms with Gasteiger partial charge in [0.05, 0.1) is 0 Å². The largest absolute Gasteiger partial charge is 0.482 e. The average Bonchev–Trinajstić information content (AvgIpc) is 2.66. The number of hydrogen-bond donors (Lipinski definition) is 0. The molecule has 2 fully saturated rings. The van der Waals surface area contributed by atoms with Crippen LogP contribution in [0, 0.1) is 0 Å². The van der Waals surface area contributed by atoms with Gasteiger partial charge in [-0.25, -0.2) is 9.59 Å². The summed E-state index contributed by atoms with van der Waals surface area (Å²) in [5.41, 5.74) is 8.53. The number of esters is 2. The zero-order valence-corrected chi connectivity index (χ0v) is 22.0. The van der Waals surface area contributed by atoms with Gasteiger partial charge in [-0.1, -0.05) is 0 Å². The van der Waals surface area contributed by atoms with E-state index in [4.69, 9.17) is 9.47 Å². The predicted molar refractivity (Wildman–Crippen MR) is 128 cm³/mol. The van der Waals surface area contributed by atoms with Crippen molar-refractivity contribution < 1.29 is 23.9 Å². The van der Waals surface area contributed by atoms with Crippen molar-refractivity contribution in [3.05, 3.63) is 5.53 Å². The number of rotatable bonds is 8. The third-order valence-corrected chi connectivity index (χ3v) is 7.66. The molecule has 2 saturated heterocycles. The molecule has 0 atom stereocenters. The van der Waals surface area contributed by atoms with Crippen LogP contribution in [0.3, 0.4) is 0 Å². The lowest BCUT2D eigenvalue weighted by atomic mass is 9.80. The van der Waals surface area contributed by atoms with Gasteiger partial charge < -0.3 is 15.0 Å². The molecule has 2 heterocycles. The Morgan fingerprint density at radius 1 is 0.697 bits per heavy atom. The molecule has 0 unspecified atom stereocenters. The maximum absolute atomic E-state index is 12.4. The molecule has 0 spiro atoms. The smallest absolute Gasteiger partial charge is 0.455 e. The third kappa shape index (κ3) is 6.65. The van der Waals surface area contributed by atoms with Gasteiger partial charge in [-0.15, -0.1) is 0 Å². The van der Waals surface area contributed by atoms with Crippen LogP contribution in [0.2, 0.25) is 0 Å². The van der Waals surface area contributed by atoms with Crippen LogP contribution in [0.1, 0.15) is 93.9 Å². The van der Waals surface area contributed by atoms with E-state index in [0.29, 0.717) is 13.1 Å². The van der Waals surface area contributed by atoms with Crippen molar-refractivity contribution in [1.82, 2.24) is 9.80 Å². The van der Waals surface area contributed by atoms with Crippen molar-refractivity contribution in [2.45, 2.75) is 116 Å². The minimum atomic E-state index is -0.964. The van der Waals surface area contributed by atoms with Crippen LogP contribution in [0.5, 0.6) is 0 Å². The molecule has 33 heavy (non-hydrogen) atoms. The quantitative estimate of drug-likeness (QED) is 0.178. The van der Waals surface area contributed by atoms with Gasteiger partial charge in [0.25, 0.3) is 0 Å². The summed E-state index contributed by atoms with van der Waals surface area (Å²) in [7, 11) is 0. The number of piperidine rings is 2. The van der Waals surface area contributed by atoms with E-state index in [1.165, 1.54) is 0 Å². The minimum absolute atomic E-state index is 0.00298. The summed E-state index contributed by atoms with van der Waals surface area (Å²) in [5, 5.41) is 0.